The maximum absolute atomic E-state index is 12.2. The predicted molar refractivity (Wildman–Crippen MR) is 84.5 cm³/mol. The Morgan fingerprint density at radius 3 is 2.77 bits per heavy atom. The minimum atomic E-state index is -1.09. The minimum absolute atomic E-state index is 0.0139. The van der Waals surface area contributed by atoms with Gasteiger partial charge in [-0.1, -0.05) is 13.8 Å². The van der Waals surface area contributed by atoms with Gasteiger partial charge in [-0.25, -0.2) is 9.78 Å². The number of aliphatic imine (C=N–C) groups is 1. The van der Waals surface area contributed by atoms with Crippen LogP contribution in [0, 0.1) is 5.92 Å². The highest BCUT2D eigenvalue weighted by molar-refractivity contribution is 7.16. The molecule has 114 valence electrons. The van der Waals surface area contributed by atoms with Gasteiger partial charge >= 0.3 is 5.97 Å². The molecule has 2 aromatic heterocycles. The zero-order valence-corrected chi connectivity index (χ0v) is 13.2. The van der Waals surface area contributed by atoms with Crippen molar-refractivity contribution in [3.05, 3.63) is 28.8 Å². The quantitative estimate of drug-likeness (QED) is 0.906. The van der Waals surface area contributed by atoms with E-state index in [1.54, 1.807) is 13.0 Å². The van der Waals surface area contributed by atoms with Gasteiger partial charge in [-0.2, -0.15) is 4.99 Å². The maximum atomic E-state index is 12.2. The Labute approximate surface area is 130 Å². The third-order valence-electron chi connectivity index (χ3n) is 4.09. The molecule has 7 heteroatoms. The first-order valence-corrected chi connectivity index (χ1v) is 7.74. The van der Waals surface area contributed by atoms with E-state index in [-0.39, 0.29) is 28.9 Å². The summed E-state index contributed by atoms with van der Waals surface area (Å²) in [6.07, 6.45) is 0. The van der Waals surface area contributed by atoms with Gasteiger partial charge in [0.25, 0.3) is 5.91 Å². The number of hydrogen-bond donors (Lipinski definition) is 2. The van der Waals surface area contributed by atoms with Gasteiger partial charge in [0, 0.05) is 5.39 Å². The van der Waals surface area contributed by atoms with Crippen LogP contribution >= 0.6 is 11.3 Å². The molecule has 0 fully saturated rings. The van der Waals surface area contributed by atoms with Crippen molar-refractivity contribution in [1.29, 1.82) is 0 Å². The van der Waals surface area contributed by atoms with E-state index in [1.807, 2.05) is 25.3 Å². The molecule has 0 radical (unpaired) electrons. The Bertz CT molecular complexity index is 825. The lowest BCUT2D eigenvalue weighted by molar-refractivity contribution is -0.123. The highest BCUT2D eigenvalue weighted by Gasteiger charge is 2.43. The Morgan fingerprint density at radius 2 is 2.18 bits per heavy atom. The molecule has 22 heavy (non-hydrogen) atoms. The number of nitrogens with one attached hydrogen (secondary N) is 1. The molecule has 6 nitrogen and oxygen atoms in total. The summed E-state index contributed by atoms with van der Waals surface area (Å²) in [5, 5.41) is 15.1. The van der Waals surface area contributed by atoms with Crippen LogP contribution in [-0.4, -0.2) is 33.3 Å². The molecule has 2 aromatic rings. The topological polar surface area (TPSA) is 91.7 Å². The van der Waals surface area contributed by atoms with E-state index in [9.17, 15) is 14.7 Å². The van der Waals surface area contributed by atoms with E-state index in [1.165, 1.54) is 11.3 Å². The van der Waals surface area contributed by atoms with Crippen molar-refractivity contribution in [2.45, 2.75) is 26.3 Å². The molecular weight excluding hydrogens is 302 g/mol. The van der Waals surface area contributed by atoms with E-state index in [0.717, 1.165) is 10.2 Å². The Balaban J connectivity index is 2.14. The van der Waals surface area contributed by atoms with Gasteiger partial charge in [-0.15, -0.1) is 11.3 Å². The first-order chi connectivity index (χ1) is 10.3. The van der Waals surface area contributed by atoms with Crippen LogP contribution in [0.4, 0.5) is 0 Å². The fourth-order valence-electron chi connectivity index (χ4n) is 2.29. The lowest BCUT2D eigenvalue weighted by atomic mass is 9.88. The number of aromatic carboxylic acids is 1. The number of rotatable bonds is 3. The lowest BCUT2D eigenvalue weighted by Gasteiger charge is -2.27. The number of carboxylic acids is 1. The number of amides is 1. The second-order valence-corrected chi connectivity index (χ2v) is 6.65. The average Bonchev–Trinajstić information content (AvgIpc) is 3.02. The van der Waals surface area contributed by atoms with E-state index in [4.69, 9.17) is 0 Å². The number of fused-ring (bicyclic) bond motifs is 1. The van der Waals surface area contributed by atoms with E-state index in [2.05, 4.69) is 15.3 Å². The molecule has 3 rings (SSSR count). The maximum Gasteiger partial charge on any atom is 0.338 e. The molecule has 0 aromatic carbocycles. The van der Waals surface area contributed by atoms with Crippen molar-refractivity contribution in [3.63, 3.8) is 0 Å². The molecule has 0 aliphatic carbocycles. The van der Waals surface area contributed by atoms with Gasteiger partial charge in [0.15, 0.2) is 5.84 Å². The highest BCUT2D eigenvalue weighted by atomic mass is 32.1. The van der Waals surface area contributed by atoms with Crippen LogP contribution in [-0.2, 0) is 4.79 Å². The fourth-order valence-corrected chi connectivity index (χ4v) is 3.04. The highest BCUT2D eigenvalue weighted by Crippen LogP contribution is 2.27. The molecule has 0 bridgehead atoms. The summed E-state index contributed by atoms with van der Waals surface area (Å²) in [6.45, 7) is 5.59. The number of carbonyl (C=O) groups excluding carboxylic acids is 1. The molecule has 1 atom stereocenters. The molecular formula is C15H15N3O3S. The first kappa shape index (κ1) is 14.6. The molecule has 0 saturated heterocycles. The molecule has 1 aliphatic heterocycles. The van der Waals surface area contributed by atoms with Crippen molar-refractivity contribution in [2.24, 2.45) is 10.9 Å². The van der Waals surface area contributed by atoms with Crippen LogP contribution in [0.5, 0.6) is 0 Å². The predicted octanol–water partition coefficient (Wildman–Crippen LogP) is 2.29. The van der Waals surface area contributed by atoms with Gasteiger partial charge in [0.2, 0.25) is 0 Å². The third-order valence-corrected chi connectivity index (χ3v) is 4.91. The second kappa shape index (κ2) is 4.88. The molecule has 2 N–H and O–H groups in total. The van der Waals surface area contributed by atoms with Crippen LogP contribution < -0.4 is 5.32 Å². The van der Waals surface area contributed by atoms with E-state index in [0.29, 0.717) is 0 Å². The summed E-state index contributed by atoms with van der Waals surface area (Å²) < 4.78 is 0. The molecule has 1 aliphatic rings. The molecule has 3 heterocycles. The molecule has 0 saturated carbocycles. The SMILES string of the molecule is CC(C)C1(C)NC(c2nc3sccc3cc2C(=O)O)=NC1=O. The van der Waals surface area contributed by atoms with Crippen LogP contribution in [0.2, 0.25) is 0 Å². The van der Waals surface area contributed by atoms with Gasteiger partial charge < -0.3 is 10.4 Å². The number of pyridine rings is 1. The second-order valence-electron chi connectivity index (χ2n) is 5.75. The fraction of sp³-hybridized carbons (Fsp3) is 0.333. The number of hydrogen-bond acceptors (Lipinski definition) is 5. The largest absolute Gasteiger partial charge is 0.478 e. The smallest absolute Gasteiger partial charge is 0.338 e. The number of amidine groups is 1. The van der Waals surface area contributed by atoms with Gasteiger partial charge in [0.1, 0.15) is 16.1 Å². The number of nitrogens with zero attached hydrogens (tertiary/aromatic N) is 2. The first-order valence-electron chi connectivity index (χ1n) is 6.86. The van der Waals surface area contributed by atoms with E-state index >= 15 is 0 Å². The minimum Gasteiger partial charge on any atom is -0.478 e. The van der Waals surface area contributed by atoms with Crippen molar-refractivity contribution in [1.82, 2.24) is 10.3 Å². The molecule has 1 amide bonds. The normalized spacial score (nSPS) is 21.3. The van der Waals surface area contributed by atoms with Crippen LogP contribution in [0.3, 0.4) is 0 Å². The van der Waals surface area contributed by atoms with Crippen molar-refractivity contribution in [3.8, 4) is 0 Å². The Hall–Kier alpha value is -2.28. The lowest BCUT2D eigenvalue weighted by Crippen LogP contribution is -2.50. The van der Waals surface area contributed by atoms with Crippen LogP contribution in [0.15, 0.2) is 22.5 Å². The summed E-state index contributed by atoms with van der Waals surface area (Å²) in [5.41, 5.74) is -0.588. The number of carboxylic acid groups (broad SMARTS) is 1. The molecule has 0 spiro atoms. The van der Waals surface area contributed by atoms with Crippen molar-refractivity contribution in [2.75, 3.05) is 0 Å². The summed E-state index contributed by atoms with van der Waals surface area (Å²) >= 11 is 1.42. The van der Waals surface area contributed by atoms with Crippen LogP contribution in [0.25, 0.3) is 10.2 Å². The Morgan fingerprint density at radius 1 is 1.45 bits per heavy atom. The summed E-state index contributed by atoms with van der Waals surface area (Å²) in [4.78, 5) is 32.8. The Kier molecular flexibility index (Phi) is 3.25. The summed E-state index contributed by atoms with van der Waals surface area (Å²) in [7, 11) is 0. The summed E-state index contributed by atoms with van der Waals surface area (Å²) in [6, 6.07) is 3.38. The molecule has 1 unspecified atom stereocenters. The van der Waals surface area contributed by atoms with Crippen molar-refractivity contribution < 1.29 is 14.7 Å². The van der Waals surface area contributed by atoms with Crippen LogP contribution in [0.1, 0.15) is 36.8 Å². The number of thiophene rings is 1. The zero-order valence-electron chi connectivity index (χ0n) is 12.4. The van der Waals surface area contributed by atoms with Gasteiger partial charge in [-0.3, -0.25) is 4.79 Å². The van der Waals surface area contributed by atoms with E-state index < -0.39 is 11.5 Å². The monoisotopic (exact) mass is 317 g/mol. The number of aromatic nitrogens is 1. The average molecular weight is 317 g/mol. The van der Waals surface area contributed by atoms with Crippen molar-refractivity contribution >= 4 is 39.3 Å². The zero-order chi connectivity index (χ0) is 16.1. The standard InChI is InChI=1S/C15H15N3O3S/c1-7(2)15(3)14(21)17-11(18-15)10-9(13(19)20)6-8-4-5-22-12(8)16-10/h4-7H,1-3H3,(H,19,20)(H,17,18,21). The van der Waals surface area contributed by atoms with Gasteiger partial charge in [0.05, 0.1) is 5.56 Å². The summed E-state index contributed by atoms with van der Waals surface area (Å²) in [5.74, 6) is -1.15. The van der Waals surface area contributed by atoms with Gasteiger partial charge in [-0.05, 0) is 30.4 Å². The number of carbonyl (C=O) groups is 2. The third kappa shape index (κ3) is 2.09.